The fraction of sp³-hybridized carbons (Fsp3) is 0.273. The Hall–Kier alpha value is -3.62. The van der Waals surface area contributed by atoms with Crippen LogP contribution >= 0.6 is 0 Å². The van der Waals surface area contributed by atoms with E-state index < -0.39 is 5.82 Å². The third-order valence-corrected chi connectivity index (χ3v) is 5.45. The van der Waals surface area contributed by atoms with Gasteiger partial charge in [-0.15, -0.1) is 5.10 Å². The average molecular weight is 421 g/mol. The van der Waals surface area contributed by atoms with Crippen LogP contribution in [0.3, 0.4) is 0 Å². The molecule has 4 aromatic rings. The van der Waals surface area contributed by atoms with Crippen LogP contribution in [0.5, 0.6) is 0 Å². The molecule has 9 heteroatoms. The second kappa shape index (κ2) is 7.90. The van der Waals surface area contributed by atoms with Gasteiger partial charge in [-0.25, -0.2) is 23.1 Å². The molecule has 1 unspecified atom stereocenters. The van der Waals surface area contributed by atoms with Crippen molar-refractivity contribution in [3.63, 3.8) is 0 Å². The maximum Gasteiger partial charge on any atom is 0.246 e. The summed E-state index contributed by atoms with van der Waals surface area (Å²) in [5.74, 6) is 1.17. The van der Waals surface area contributed by atoms with E-state index in [1.54, 1.807) is 31.2 Å². The molecule has 0 bridgehead atoms. The highest BCUT2D eigenvalue weighted by atomic mass is 19.1. The van der Waals surface area contributed by atoms with Crippen LogP contribution in [0.1, 0.15) is 42.4 Å². The molecule has 0 radical (unpaired) electrons. The Morgan fingerprint density at radius 2 is 1.87 bits per heavy atom. The highest BCUT2D eigenvalue weighted by Gasteiger charge is 2.24. The van der Waals surface area contributed by atoms with Crippen LogP contribution in [-0.4, -0.2) is 29.5 Å². The van der Waals surface area contributed by atoms with Crippen LogP contribution < -0.4 is 5.32 Å². The number of anilines is 2. The van der Waals surface area contributed by atoms with Crippen LogP contribution in [0.2, 0.25) is 0 Å². The van der Waals surface area contributed by atoms with Gasteiger partial charge in [0.1, 0.15) is 29.5 Å². The molecule has 0 saturated heterocycles. The van der Waals surface area contributed by atoms with Gasteiger partial charge in [-0.2, -0.15) is 10.1 Å². The zero-order valence-electron chi connectivity index (χ0n) is 17.0. The average Bonchev–Trinajstić information content (AvgIpc) is 3.30. The summed E-state index contributed by atoms with van der Waals surface area (Å²) in [6.07, 6.45) is 4.44. The van der Waals surface area contributed by atoms with E-state index in [1.165, 1.54) is 29.2 Å². The number of aryl methyl sites for hydroxylation is 2. The number of hydrogen-bond acceptors (Lipinski definition) is 5. The van der Waals surface area contributed by atoms with Crippen molar-refractivity contribution in [3.05, 3.63) is 77.6 Å². The molecular formula is C22H21F2N7. The fourth-order valence-electron chi connectivity index (χ4n) is 3.94. The third-order valence-electron chi connectivity index (χ3n) is 5.45. The van der Waals surface area contributed by atoms with Gasteiger partial charge in [-0.05, 0) is 55.7 Å². The van der Waals surface area contributed by atoms with Crippen molar-refractivity contribution in [3.8, 4) is 5.69 Å². The summed E-state index contributed by atoms with van der Waals surface area (Å²) in [5, 5.41) is 11.8. The lowest BCUT2D eigenvalue weighted by atomic mass is 9.93. The first-order valence-electron chi connectivity index (χ1n) is 10.2. The number of nitrogens with one attached hydrogen (secondary N) is 1. The predicted molar refractivity (Wildman–Crippen MR) is 111 cm³/mol. The second-order valence-corrected chi connectivity index (χ2v) is 7.64. The molecule has 2 aromatic carbocycles. The number of nitrogens with zero attached hydrogens (tertiary/aromatic N) is 6. The molecule has 0 amide bonds. The minimum absolute atomic E-state index is 0.0424. The molecule has 158 valence electrons. The molecular weight excluding hydrogens is 400 g/mol. The van der Waals surface area contributed by atoms with E-state index >= 15 is 0 Å². The molecule has 1 aliphatic rings. The van der Waals surface area contributed by atoms with Crippen molar-refractivity contribution in [2.75, 3.05) is 5.32 Å². The molecule has 0 spiro atoms. The topological polar surface area (TPSA) is 73.5 Å². The van der Waals surface area contributed by atoms with E-state index in [9.17, 15) is 8.78 Å². The molecule has 0 saturated carbocycles. The van der Waals surface area contributed by atoms with E-state index in [1.807, 2.05) is 4.68 Å². The highest BCUT2D eigenvalue weighted by molar-refractivity contribution is 5.56. The van der Waals surface area contributed by atoms with E-state index in [0.29, 0.717) is 23.1 Å². The van der Waals surface area contributed by atoms with Gasteiger partial charge < -0.3 is 5.32 Å². The predicted octanol–water partition coefficient (Wildman–Crippen LogP) is 4.50. The van der Waals surface area contributed by atoms with Crippen LogP contribution in [0.15, 0.2) is 48.8 Å². The first-order valence-corrected chi connectivity index (χ1v) is 10.2. The van der Waals surface area contributed by atoms with Crippen molar-refractivity contribution in [2.45, 2.75) is 38.6 Å². The number of hydrogen-bond donors (Lipinski definition) is 1. The van der Waals surface area contributed by atoms with Crippen molar-refractivity contribution in [2.24, 2.45) is 0 Å². The Morgan fingerprint density at radius 3 is 2.61 bits per heavy atom. The highest BCUT2D eigenvalue weighted by Crippen LogP contribution is 2.32. The smallest absolute Gasteiger partial charge is 0.246 e. The van der Waals surface area contributed by atoms with Gasteiger partial charge in [0.2, 0.25) is 5.95 Å². The lowest BCUT2D eigenvalue weighted by molar-refractivity contribution is 0.576. The molecule has 0 fully saturated rings. The maximum atomic E-state index is 14.6. The zero-order chi connectivity index (χ0) is 21.4. The summed E-state index contributed by atoms with van der Waals surface area (Å²) >= 11 is 0. The summed E-state index contributed by atoms with van der Waals surface area (Å²) in [5.41, 5.74) is 1.87. The minimum atomic E-state index is -0.431. The Kier molecular flexibility index (Phi) is 4.93. The van der Waals surface area contributed by atoms with Crippen molar-refractivity contribution in [1.29, 1.82) is 0 Å². The van der Waals surface area contributed by atoms with Crippen LogP contribution in [-0.2, 0) is 6.54 Å². The number of halogens is 2. The van der Waals surface area contributed by atoms with Crippen molar-refractivity contribution >= 4 is 11.6 Å². The van der Waals surface area contributed by atoms with E-state index in [0.717, 1.165) is 37.2 Å². The summed E-state index contributed by atoms with van der Waals surface area (Å²) in [6, 6.07) is 11.3. The first-order chi connectivity index (χ1) is 15.1. The molecule has 0 aliphatic carbocycles. The monoisotopic (exact) mass is 421 g/mol. The van der Waals surface area contributed by atoms with E-state index in [-0.39, 0.29) is 11.7 Å². The van der Waals surface area contributed by atoms with Gasteiger partial charge in [-0.1, -0.05) is 18.6 Å². The molecule has 2 aromatic heterocycles. The molecule has 1 N–H and O–H groups in total. The molecule has 3 heterocycles. The minimum Gasteiger partial charge on any atom is -0.323 e. The maximum absolute atomic E-state index is 14.6. The van der Waals surface area contributed by atoms with Gasteiger partial charge in [0.05, 0.1) is 0 Å². The summed E-state index contributed by atoms with van der Waals surface area (Å²) in [6.45, 7) is 2.51. The molecule has 31 heavy (non-hydrogen) atoms. The Morgan fingerprint density at radius 1 is 1.03 bits per heavy atom. The van der Waals surface area contributed by atoms with Gasteiger partial charge in [0.25, 0.3) is 0 Å². The zero-order valence-corrected chi connectivity index (χ0v) is 17.0. The van der Waals surface area contributed by atoms with Crippen molar-refractivity contribution < 1.29 is 8.78 Å². The number of aromatic nitrogens is 6. The second-order valence-electron chi connectivity index (χ2n) is 7.64. The van der Waals surface area contributed by atoms with Crippen LogP contribution in [0.4, 0.5) is 20.4 Å². The molecule has 1 aliphatic heterocycles. The van der Waals surface area contributed by atoms with Crippen LogP contribution in [0.25, 0.3) is 5.69 Å². The van der Waals surface area contributed by atoms with Gasteiger partial charge >= 0.3 is 0 Å². The normalized spacial score (nSPS) is 16.0. The quantitative estimate of drug-likeness (QED) is 0.525. The SMILES string of the molecule is Cc1ncn(-c2ccc(Nc3nc4n(n3)CCCCC4c3ccc(F)cc3)cc2F)n1. The van der Waals surface area contributed by atoms with Gasteiger partial charge in [-0.3, -0.25) is 0 Å². The fourth-order valence-corrected chi connectivity index (χ4v) is 3.94. The number of benzene rings is 2. The largest absolute Gasteiger partial charge is 0.323 e. The van der Waals surface area contributed by atoms with E-state index in [2.05, 4.69) is 20.5 Å². The molecule has 7 nitrogen and oxygen atoms in total. The summed E-state index contributed by atoms with van der Waals surface area (Å²) < 4.78 is 31.3. The van der Waals surface area contributed by atoms with Gasteiger partial charge in [0, 0.05) is 18.2 Å². The Bertz CT molecular complexity index is 1210. The first kappa shape index (κ1) is 19.3. The summed E-state index contributed by atoms with van der Waals surface area (Å²) in [7, 11) is 0. The van der Waals surface area contributed by atoms with E-state index in [4.69, 9.17) is 4.98 Å². The summed E-state index contributed by atoms with van der Waals surface area (Å²) in [4.78, 5) is 8.73. The lowest BCUT2D eigenvalue weighted by Gasteiger charge is -2.14. The molecule has 1 atom stereocenters. The standard InChI is InChI=1S/C22H21F2N7/c1-14-25-13-31(28-14)20-10-9-17(12-19(20)24)26-22-27-21-18(4-2-3-11-30(21)29-22)15-5-7-16(23)8-6-15/h5-10,12-13,18H,2-4,11H2,1H3,(H,26,29). The van der Waals surface area contributed by atoms with Gasteiger partial charge in [0.15, 0.2) is 5.82 Å². The Labute approximate surface area is 177 Å². The Balaban J connectivity index is 1.41. The lowest BCUT2D eigenvalue weighted by Crippen LogP contribution is -2.08. The van der Waals surface area contributed by atoms with Crippen LogP contribution in [0, 0.1) is 18.6 Å². The van der Waals surface area contributed by atoms with Crippen molar-refractivity contribution in [1.82, 2.24) is 29.5 Å². The number of fused-ring (bicyclic) bond motifs is 1. The molecule has 5 rings (SSSR count). The third kappa shape index (κ3) is 3.90. The number of rotatable bonds is 4.